The number of nitrogens with zero attached hydrogens (tertiary/aromatic N) is 3. The Hall–Kier alpha value is -1.34. The van der Waals surface area contributed by atoms with E-state index in [0.29, 0.717) is 6.04 Å². The zero-order valence-electron chi connectivity index (χ0n) is 12.8. The summed E-state index contributed by atoms with van der Waals surface area (Å²) in [4.78, 5) is 28.9. The minimum absolute atomic E-state index is 0.0705. The number of morpholine rings is 1. The highest BCUT2D eigenvalue weighted by Crippen LogP contribution is 2.18. The summed E-state index contributed by atoms with van der Waals surface area (Å²) >= 11 is 0. The largest absolute Gasteiger partial charge is 0.481 e. The fourth-order valence-corrected chi connectivity index (χ4v) is 2.96. The second-order valence-corrected chi connectivity index (χ2v) is 5.94. The fraction of sp³-hybridized carbons (Fsp3) is 0.857. The maximum absolute atomic E-state index is 12.3. The average molecular weight is 299 g/mol. The van der Waals surface area contributed by atoms with Crippen LogP contribution in [0.4, 0.5) is 4.79 Å². The van der Waals surface area contributed by atoms with Crippen LogP contribution in [-0.4, -0.2) is 90.8 Å². The van der Waals surface area contributed by atoms with E-state index in [1.165, 1.54) is 4.90 Å². The number of hydrogen-bond acceptors (Lipinski definition) is 4. The first-order valence-corrected chi connectivity index (χ1v) is 7.53. The number of carboxylic acid groups (broad SMARTS) is 1. The minimum Gasteiger partial charge on any atom is -0.481 e. The smallest absolute Gasteiger partial charge is 0.319 e. The number of carbonyl (C=O) groups is 2. The molecule has 21 heavy (non-hydrogen) atoms. The number of amides is 2. The normalized spacial score (nSPS) is 24.9. The van der Waals surface area contributed by atoms with Gasteiger partial charge >= 0.3 is 12.0 Å². The van der Waals surface area contributed by atoms with Crippen molar-refractivity contribution < 1.29 is 19.4 Å². The molecule has 0 aromatic rings. The molecular formula is C14H25N3O4. The monoisotopic (exact) mass is 299 g/mol. The van der Waals surface area contributed by atoms with Crippen LogP contribution in [0.1, 0.15) is 13.3 Å². The van der Waals surface area contributed by atoms with Gasteiger partial charge in [-0.15, -0.1) is 0 Å². The zero-order valence-corrected chi connectivity index (χ0v) is 12.8. The quantitative estimate of drug-likeness (QED) is 0.801. The van der Waals surface area contributed by atoms with Gasteiger partial charge in [0, 0.05) is 45.8 Å². The highest BCUT2D eigenvalue weighted by atomic mass is 16.5. The highest BCUT2D eigenvalue weighted by molar-refractivity contribution is 5.76. The van der Waals surface area contributed by atoms with Crippen molar-refractivity contribution in [1.82, 2.24) is 14.7 Å². The average Bonchev–Trinajstić information content (AvgIpc) is 2.96. The molecular weight excluding hydrogens is 274 g/mol. The Morgan fingerprint density at radius 2 is 2.00 bits per heavy atom. The first kappa shape index (κ1) is 16.0. The molecule has 2 rings (SSSR count). The molecule has 2 fully saturated rings. The number of carboxylic acids is 1. The maximum Gasteiger partial charge on any atom is 0.319 e. The second kappa shape index (κ2) is 7.09. The first-order chi connectivity index (χ1) is 9.99. The first-order valence-electron chi connectivity index (χ1n) is 7.53. The molecule has 0 bridgehead atoms. The number of aliphatic carboxylic acids is 1. The number of carbonyl (C=O) groups excluding carboxylic acids is 1. The Balaban J connectivity index is 1.82. The zero-order chi connectivity index (χ0) is 15.4. The van der Waals surface area contributed by atoms with E-state index in [1.807, 2.05) is 4.90 Å². The van der Waals surface area contributed by atoms with Crippen molar-refractivity contribution in [1.29, 1.82) is 0 Å². The summed E-state index contributed by atoms with van der Waals surface area (Å²) in [5.74, 6) is -1.42. The van der Waals surface area contributed by atoms with Gasteiger partial charge in [0.05, 0.1) is 19.1 Å². The summed E-state index contributed by atoms with van der Waals surface area (Å²) in [5.41, 5.74) is 0. The van der Waals surface area contributed by atoms with Crippen LogP contribution in [0.3, 0.4) is 0 Å². The Kier molecular flexibility index (Phi) is 5.41. The molecule has 0 saturated carbocycles. The Bertz CT molecular complexity index is 384. The predicted molar refractivity (Wildman–Crippen MR) is 77.2 cm³/mol. The van der Waals surface area contributed by atoms with Gasteiger partial charge in [-0.2, -0.15) is 0 Å². The third-order valence-electron chi connectivity index (χ3n) is 4.29. The lowest BCUT2D eigenvalue weighted by atomic mass is 10.2. The molecule has 2 aliphatic heterocycles. The topological polar surface area (TPSA) is 73.3 Å². The van der Waals surface area contributed by atoms with Gasteiger partial charge in [-0.25, -0.2) is 4.79 Å². The number of rotatable bonds is 4. The molecule has 0 aliphatic carbocycles. The van der Waals surface area contributed by atoms with E-state index in [9.17, 15) is 9.59 Å². The van der Waals surface area contributed by atoms with Gasteiger partial charge in [0.1, 0.15) is 0 Å². The van der Waals surface area contributed by atoms with Gasteiger partial charge < -0.3 is 19.6 Å². The van der Waals surface area contributed by atoms with Crippen molar-refractivity contribution in [3.63, 3.8) is 0 Å². The van der Waals surface area contributed by atoms with E-state index in [-0.39, 0.29) is 12.6 Å². The van der Waals surface area contributed by atoms with Crippen molar-refractivity contribution in [2.24, 2.45) is 5.92 Å². The summed E-state index contributed by atoms with van der Waals surface area (Å²) in [6.45, 7) is 6.72. The molecule has 2 atom stereocenters. The van der Waals surface area contributed by atoms with E-state index in [1.54, 1.807) is 14.0 Å². The van der Waals surface area contributed by atoms with Crippen LogP contribution < -0.4 is 0 Å². The number of urea groups is 1. The lowest BCUT2D eigenvalue weighted by molar-refractivity contribution is -0.141. The molecule has 1 N–H and O–H groups in total. The third-order valence-corrected chi connectivity index (χ3v) is 4.29. The van der Waals surface area contributed by atoms with Crippen LogP contribution in [0.2, 0.25) is 0 Å². The molecule has 0 spiro atoms. The Morgan fingerprint density at radius 3 is 2.62 bits per heavy atom. The molecule has 120 valence electrons. The minimum atomic E-state index is -0.873. The molecule has 2 saturated heterocycles. The van der Waals surface area contributed by atoms with Gasteiger partial charge in [0.25, 0.3) is 0 Å². The Labute approximate surface area is 125 Å². The molecule has 2 amide bonds. The van der Waals surface area contributed by atoms with Crippen molar-refractivity contribution in [2.45, 2.75) is 19.4 Å². The van der Waals surface area contributed by atoms with Crippen LogP contribution in [0, 0.1) is 5.92 Å². The molecule has 0 aromatic heterocycles. The van der Waals surface area contributed by atoms with Gasteiger partial charge in [-0.1, -0.05) is 6.92 Å². The predicted octanol–water partition coefficient (Wildman–Crippen LogP) is 0.165. The SMILES string of the molecule is CC(CN(C)C(=O)N1CCC(N2CCOCC2)C1)C(=O)O. The molecule has 0 aromatic carbocycles. The van der Waals surface area contributed by atoms with Crippen molar-refractivity contribution >= 4 is 12.0 Å². The molecule has 0 radical (unpaired) electrons. The van der Waals surface area contributed by atoms with Gasteiger partial charge in [-0.05, 0) is 6.42 Å². The number of hydrogen-bond donors (Lipinski definition) is 1. The van der Waals surface area contributed by atoms with E-state index >= 15 is 0 Å². The highest BCUT2D eigenvalue weighted by Gasteiger charge is 2.32. The molecule has 7 nitrogen and oxygen atoms in total. The molecule has 2 heterocycles. The lowest BCUT2D eigenvalue weighted by Crippen LogP contribution is -2.47. The van der Waals surface area contributed by atoms with E-state index in [0.717, 1.165) is 45.8 Å². The van der Waals surface area contributed by atoms with Crippen LogP contribution in [0.15, 0.2) is 0 Å². The molecule has 7 heteroatoms. The summed E-state index contributed by atoms with van der Waals surface area (Å²) in [6, 6.07) is 0.335. The summed E-state index contributed by atoms with van der Waals surface area (Å²) in [6.07, 6.45) is 0.980. The Morgan fingerprint density at radius 1 is 1.33 bits per heavy atom. The summed E-state index contributed by atoms with van der Waals surface area (Å²) < 4.78 is 5.35. The van der Waals surface area contributed by atoms with Crippen LogP contribution in [0.5, 0.6) is 0 Å². The van der Waals surface area contributed by atoms with Crippen LogP contribution in [-0.2, 0) is 9.53 Å². The number of ether oxygens (including phenoxy) is 1. The van der Waals surface area contributed by atoms with E-state index in [4.69, 9.17) is 9.84 Å². The lowest BCUT2D eigenvalue weighted by Gasteiger charge is -2.32. The molecule has 2 unspecified atom stereocenters. The van der Waals surface area contributed by atoms with Crippen LogP contribution >= 0.6 is 0 Å². The van der Waals surface area contributed by atoms with Gasteiger partial charge in [-0.3, -0.25) is 9.69 Å². The van der Waals surface area contributed by atoms with Gasteiger partial charge in [0.2, 0.25) is 0 Å². The van der Waals surface area contributed by atoms with Gasteiger partial charge in [0.15, 0.2) is 0 Å². The molecule has 2 aliphatic rings. The van der Waals surface area contributed by atoms with Crippen LogP contribution in [0.25, 0.3) is 0 Å². The van der Waals surface area contributed by atoms with Crippen molar-refractivity contribution in [2.75, 3.05) is 53.0 Å². The third kappa shape index (κ3) is 4.07. The van der Waals surface area contributed by atoms with E-state index < -0.39 is 11.9 Å². The van der Waals surface area contributed by atoms with E-state index in [2.05, 4.69) is 4.90 Å². The number of likely N-dealkylation sites (tertiary alicyclic amines) is 1. The standard InChI is InChI=1S/C14H25N3O4/c1-11(13(18)19)9-15(2)14(20)17-4-3-12(10-17)16-5-7-21-8-6-16/h11-12H,3-10H2,1-2H3,(H,18,19). The summed E-state index contributed by atoms with van der Waals surface area (Å²) in [7, 11) is 1.67. The second-order valence-electron chi connectivity index (χ2n) is 5.94. The van der Waals surface area contributed by atoms with Crippen molar-refractivity contribution in [3.8, 4) is 0 Å². The maximum atomic E-state index is 12.3. The fourth-order valence-electron chi connectivity index (χ4n) is 2.96. The van der Waals surface area contributed by atoms with Crippen molar-refractivity contribution in [3.05, 3.63) is 0 Å². The summed E-state index contributed by atoms with van der Waals surface area (Å²) in [5, 5.41) is 8.92.